The molecule has 27 heavy (non-hydrogen) atoms. The third-order valence-electron chi connectivity index (χ3n) is 4.45. The van der Waals surface area contributed by atoms with Gasteiger partial charge in [-0.15, -0.1) is 11.8 Å². The van der Waals surface area contributed by atoms with Crippen molar-refractivity contribution in [3.05, 3.63) is 60.7 Å². The molecule has 3 rings (SSSR count). The summed E-state index contributed by atoms with van der Waals surface area (Å²) in [4.78, 5) is 13.9. The monoisotopic (exact) mass is 404 g/mol. The molecule has 0 spiro atoms. The molecule has 2 aromatic rings. The zero-order valence-corrected chi connectivity index (χ0v) is 16.5. The highest BCUT2D eigenvalue weighted by molar-refractivity contribution is 8.00. The van der Waals surface area contributed by atoms with E-state index in [1.807, 2.05) is 48.5 Å². The van der Waals surface area contributed by atoms with Crippen LogP contribution in [0, 0.1) is 5.92 Å². The van der Waals surface area contributed by atoms with Gasteiger partial charge >= 0.3 is 0 Å². The Labute approximate surface area is 168 Å². The first-order valence-electron chi connectivity index (χ1n) is 8.85. The number of ether oxygens (including phenoxy) is 1. The number of nitrogens with one attached hydrogen (secondary N) is 1. The van der Waals surface area contributed by atoms with Gasteiger partial charge in [-0.1, -0.05) is 48.2 Å². The molecule has 5 nitrogen and oxygen atoms in total. The van der Waals surface area contributed by atoms with Crippen molar-refractivity contribution in [2.24, 2.45) is 11.7 Å². The molecule has 0 aromatic heterocycles. The molecule has 7 heteroatoms. The summed E-state index contributed by atoms with van der Waals surface area (Å²) in [5, 5.41) is 13.4. The predicted octanol–water partition coefficient (Wildman–Crippen LogP) is 2.70. The van der Waals surface area contributed by atoms with Crippen LogP contribution in [0.5, 0.6) is 0 Å². The van der Waals surface area contributed by atoms with Gasteiger partial charge in [0.05, 0.1) is 13.2 Å². The van der Waals surface area contributed by atoms with Crippen LogP contribution in [-0.4, -0.2) is 41.1 Å². The van der Waals surface area contributed by atoms with Crippen LogP contribution in [0.2, 0.25) is 0 Å². The van der Waals surface area contributed by atoms with E-state index in [0.717, 1.165) is 22.0 Å². The second-order valence-electron chi connectivity index (χ2n) is 6.40. The number of hydrogen-bond acceptors (Lipinski definition) is 6. The summed E-state index contributed by atoms with van der Waals surface area (Å²) in [6.45, 7) is 0.658. The van der Waals surface area contributed by atoms with Gasteiger partial charge in [0, 0.05) is 21.5 Å². The van der Waals surface area contributed by atoms with Crippen LogP contribution in [0.3, 0.4) is 0 Å². The van der Waals surface area contributed by atoms with Crippen LogP contribution < -0.4 is 11.1 Å². The lowest BCUT2D eigenvalue weighted by atomic mass is 10.0. The van der Waals surface area contributed by atoms with Crippen LogP contribution in [0.25, 0.3) is 0 Å². The molecule has 3 atom stereocenters. The van der Waals surface area contributed by atoms with E-state index in [4.69, 9.17) is 10.5 Å². The van der Waals surface area contributed by atoms with Crippen molar-refractivity contribution < 1.29 is 14.6 Å². The first-order chi connectivity index (χ1) is 13.1. The van der Waals surface area contributed by atoms with E-state index in [9.17, 15) is 9.90 Å². The number of primary amides is 1. The number of amides is 1. The quantitative estimate of drug-likeness (QED) is 0.440. The van der Waals surface area contributed by atoms with E-state index in [-0.39, 0.29) is 12.5 Å². The smallest absolute Gasteiger partial charge is 0.245 e. The maximum absolute atomic E-state index is 11.8. The Balaban J connectivity index is 1.57. The molecule has 0 radical (unpaired) electrons. The first kappa shape index (κ1) is 20.2. The number of rotatable bonds is 9. The van der Waals surface area contributed by atoms with Crippen LogP contribution >= 0.6 is 23.5 Å². The summed E-state index contributed by atoms with van der Waals surface area (Å²) in [6, 6.07) is 19.7. The van der Waals surface area contributed by atoms with E-state index in [1.165, 1.54) is 11.8 Å². The zero-order chi connectivity index (χ0) is 19.1. The SMILES string of the molecule is NC(=O)C(NCC1(O)OCCC1CSc1ccccc1)Sc1ccccc1. The van der Waals surface area contributed by atoms with Gasteiger partial charge in [-0.05, 0) is 30.7 Å². The standard InChI is InChI=1S/C20H24N2O3S2/c21-18(23)19(27-17-9-5-2-6-10-17)22-14-20(24)15(11-12-25-20)13-26-16-7-3-1-4-8-16/h1-10,15,19,22,24H,11-14H2,(H2,21,23). The van der Waals surface area contributed by atoms with Crippen LogP contribution in [-0.2, 0) is 9.53 Å². The fourth-order valence-corrected chi connectivity index (χ4v) is 4.96. The molecule has 1 aliphatic rings. The molecule has 3 unspecified atom stereocenters. The molecule has 1 amide bonds. The number of aliphatic hydroxyl groups is 1. The maximum atomic E-state index is 11.8. The van der Waals surface area contributed by atoms with Crippen LogP contribution in [0.4, 0.5) is 0 Å². The minimum absolute atomic E-state index is 0.0227. The minimum Gasteiger partial charge on any atom is -0.368 e. The van der Waals surface area contributed by atoms with Crippen molar-refractivity contribution in [2.75, 3.05) is 18.9 Å². The predicted molar refractivity (Wildman–Crippen MR) is 109 cm³/mol. The van der Waals surface area contributed by atoms with Gasteiger partial charge in [0.2, 0.25) is 5.91 Å². The number of carbonyl (C=O) groups excluding carboxylic acids is 1. The number of carbonyl (C=O) groups is 1. The van der Waals surface area contributed by atoms with Gasteiger partial charge in [0.1, 0.15) is 5.37 Å². The Morgan fingerprint density at radius 2 is 1.81 bits per heavy atom. The molecule has 1 fully saturated rings. The van der Waals surface area contributed by atoms with Gasteiger partial charge in [-0.2, -0.15) is 0 Å². The highest BCUT2D eigenvalue weighted by atomic mass is 32.2. The maximum Gasteiger partial charge on any atom is 0.245 e. The van der Waals surface area contributed by atoms with E-state index < -0.39 is 17.1 Å². The van der Waals surface area contributed by atoms with Crippen LogP contribution in [0.1, 0.15) is 6.42 Å². The molecular formula is C20H24N2O3S2. The molecule has 1 saturated heterocycles. The highest BCUT2D eigenvalue weighted by Gasteiger charge is 2.43. The summed E-state index contributed by atoms with van der Waals surface area (Å²) in [5.41, 5.74) is 5.53. The average Bonchev–Trinajstić information content (AvgIpc) is 3.05. The summed E-state index contributed by atoms with van der Waals surface area (Å²) in [7, 11) is 0. The third-order valence-corrected chi connectivity index (χ3v) is 6.80. The molecule has 0 bridgehead atoms. The van der Waals surface area contributed by atoms with Gasteiger partial charge in [0.15, 0.2) is 5.79 Å². The summed E-state index contributed by atoms with van der Waals surface area (Å²) in [6.07, 6.45) is 0.783. The minimum atomic E-state index is -1.30. The fraction of sp³-hybridized carbons (Fsp3) is 0.350. The fourth-order valence-electron chi connectivity index (χ4n) is 2.92. The van der Waals surface area contributed by atoms with Gasteiger partial charge in [-0.3, -0.25) is 10.1 Å². The number of thioether (sulfide) groups is 2. The summed E-state index contributed by atoms with van der Waals surface area (Å²) < 4.78 is 5.64. The largest absolute Gasteiger partial charge is 0.368 e. The summed E-state index contributed by atoms with van der Waals surface area (Å²) in [5.74, 6) is -1.05. The van der Waals surface area contributed by atoms with E-state index in [1.54, 1.807) is 11.8 Å². The Hall–Kier alpha value is -1.51. The lowest BCUT2D eigenvalue weighted by Crippen LogP contribution is -2.51. The van der Waals surface area contributed by atoms with Gasteiger partial charge in [-0.25, -0.2) is 0 Å². The molecule has 1 aliphatic heterocycles. The van der Waals surface area contributed by atoms with Gasteiger partial charge < -0.3 is 15.6 Å². The number of hydrogen-bond donors (Lipinski definition) is 3. The molecule has 144 valence electrons. The van der Waals surface area contributed by atoms with Crippen molar-refractivity contribution in [1.29, 1.82) is 0 Å². The van der Waals surface area contributed by atoms with Crippen molar-refractivity contribution in [1.82, 2.24) is 5.32 Å². The first-order valence-corrected chi connectivity index (χ1v) is 10.7. The normalized spacial score (nSPS) is 23.2. The molecule has 4 N–H and O–H groups in total. The highest BCUT2D eigenvalue weighted by Crippen LogP contribution is 2.34. The number of nitrogens with two attached hydrogens (primary N) is 1. The Bertz CT molecular complexity index is 733. The molecular weight excluding hydrogens is 380 g/mol. The third kappa shape index (κ3) is 5.73. The lowest BCUT2D eigenvalue weighted by molar-refractivity contribution is -0.186. The van der Waals surface area contributed by atoms with Crippen molar-refractivity contribution in [3.63, 3.8) is 0 Å². The lowest BCUT2D eigenvalue weighted by Gasteiger charge is -2.30. The van der Waals surface area contributed by atoms with E-state index >= 15 is 0 Å². The molecule has 1 heterocycles. The van der Waals surface area contributed by atoms with E-state index in [0.29, 0.717) is 6.61 Å². The topological polar surface area (TPSA) is 84.6 Å². The van der Waals surface area contributed by atoms with Crippen molar-refractivity contribution in [2.45, 2.75) is 27.4 Å². The van der Waals surface area contributed by atoms with Crippen LogP contribution in [0.15, 0.2) is 70.5 Å². The van der Waals surface area contributed by atoms with Crippen molar-refractivity contribution in [3.8, 4) is 0 Å². The van der Waals surface area contributed by atoms with Crippen molar-refractivity contribution >= 4 is 29.4 Å². The molecule has 0 saturated carbocycles. The van der Waals surface area contributed by atoms with Gasteiger partial charge in [0.25, 0.3) is 0 Å². The summed E-state index contributed by atoms with van der Waals surface area (Å²) >= 11 is 3.03. The Kier molecular flexibility index (Phi) is 7.20. The molecule has 2 aromatic carbocycles. The second kappa shape index (κ2) is 9.61. The average molecular weight is 405 g/mol. The second-order valence-corrected chi connectivity index (χ2v) is 8.67. The zero-order valence-electron chi connectivity index (χ0n) is 14.9. The van der Waals surface area contributed by atoms with E-state index in [2.05, 4.69) is 17.4 Å². The Morgan fingerprint density at radius 3 is 2.44 bits per heavy atom. The molecule has 0 aliphatic carbocycles. The number of benzene rings is 2. The Morgan fingerprint density at radius 1 is 1.19 bits per heavy atom.